The van der Waals surface area contributed by atoms with E-state index < -0.39 is 60.2 Å². The number of carbonyl (C=O) groups is 5. The molecule has 0 aliphatic rings. The molecule has 1 aromatic heterocycles. The summed E-state index contributed by atoms with van der Waals surface area (Å²) in [5, 5.41) is 17.7. The first-order valence-corrected chi connectivity index (χ1v) is 12.9. The summed E-state index contributed by atoms with van der Waals surface area (Å²) in [6.07, 6.45) is 1.31. The molecule has 13 N–H and O–H groups in total. The van der Waals surface area contributed by atoms with E-state index in [1.165, 1.54) is 0 Å². The van der Waals surface area contributed by atoms with Gasteiger partial charge in [-0.15, -0.1) is 0 Å². The Morgan fingerprint density at radius 3 is 2.20 bits per heavy atom. The predicted molar refractivity (Wildman–Crippen MR) is 151 cm³/mol. The third-order valence-electron chi connectivity index (χ3n) is 5.86. The van der Waals surface area contributed by atoms with E-state index in [-0.39, 0.29) is 37.5 Å². The number of nitrogens with one attached hydrogen (secondary N) is 4. The van der Waals surface area contributed by atoms with Crippen LogP contribution in [0.3, 0.4) is 0 Å². The van der Waals surface area contributed by atoms with E-state index in [1.807, 2.05) is 18.2 Å². The van der Waals surface area contributed by atoms with Crippen LogP contribution in [0.15, 0.2) is 35.5 Å². The number of rotatable bonds is 16. The van der Waals surface area contributed by atoms with Gasteiger partial charge in [-0.05, 0) is 24.5 Å². The lowest BCUT2D eigenvalue weighted by Gasteiger charge is -2.24. The number of carbonyl (C=O) groups excluding carboxylic acids is 4. The highest BCUT2D eigenvalue weighted by Crippen LogP contribution is 2.19. The summed E-state index contributed by atoms with van der Waals surface area (Å²) in [7, 11) is 0. The van der Waals surface area contributed by atoms with Crippen LogP contribution < -0.4 is 38.9 Å². The molecule has 2 rings (SSSR count). The number of aromatic amines is 1. The minimum absolute atomic E-state index is 0.00752. The number of thiol groups is 1. The van der Waals surface area contributed by atoms with Gasteiger partial charge in [0.25, 0.3) is 0 Å². The number of aliphatic imine (C=N–C) groups is 1. The highest BCUT2D eigenvalue weighted by molar-refractivity contribution is 7.80. The molecule has 0 aliphatic carbocycles. The van der Waals surface area contributed by atoms with Gasteiger partial charge in [-0.2, -0.15) is 12.6 Å². The lowest BCUT2D eigenvalue weighted by molar-refractivity contribution is -0.142. The van der Waals surface area contributed by atoms with Crippen molar-refractivity contribution in [3.63, 3.8) is 0 Å². The summed E-state index contributed by atoms with van der Waals surface area (Å²) in [5.74, 6) is -4.80. The topological polar surface area (TPSA) is 274 Å². The van der Waals surface area contributed by atoms with E-state index in [1.54, 1.807) is 12.3 Å². The number of hydrogen-bond donors (Lipinski definition) is 10. The molecular formula is C24H35N9O6S. The summed E-state index contributed by atoms with van der Waals surface area (Å²) in [6, 6.07) is 2.16. The molecular weight excluding hydrogens is 542 g/mol. The van der Waals surface area contributed by atoms with Crippen LogP contribution in [0.1, 0.15) is 24.8 Å². The maximum absolute atomic E-state index is 13.3. The standard InChI is InChI=1S/C24H35N9O6S/c25-14(11-40)20(35)32-18(9-19(26)34)22(37)33-17(8-12-10-30-15-5-2-1-4-13(12)15)21(36)31-16(23(38)39)6-3-7-29-24(27)28/h1-2,4-5,10,14,16-18,30,40H,3,6-9,11,25H2,(H2,26,34)(H,31,36)(H,32,35)(H,33,37)(H,38,39)(H4,27,28,29). The molecule has 2 aromatic rings. The first-order valence-electron chi connectivity index (χ1n) is 12.3. The number of amides is 4. The number of hydrogen-bond acceptors (Lipinski definition) is 8. The summed E-state index contributed by atoms with van der Waals surface area (Å²) in [6.45, 7) is 0.153. The number of aromatic nitrogens is 1. The lowest BCUT2D eigenvalue weighted by Crippen LogP contribution is -2.58. The Labute approximate surface area is 235 Å². The van der Waals surface area contributed by atoms with Crippen molar-refractivity contribution in [2.24, 2.45) is 27.9 Å². The molecule has 0 spiro atoms. The molecule has 0 bridgehead atoms. The van der Waals surface area contributed by atoms with Crippen molar-refractivity contribution in [3.8, 4) is 0 Å². The average Bonchev–Trinajstić information content (AvgIpc) is 3.31. The van der Waals surface area contributed by atoms with Gasteiger partial charge >= 0.3 is 5.97 Å². The van der Waals surface area contributed by atoms with Crippen molar-refractivity contribution in [1.29, 1.82) is 0 Å². The van der Waals surface area contributed by atoms with Crippen molar-refractivity contribution in [2.75, 3.05) is 12.3 Å². The first kappa shape index (κ1) is 31.9. The SMILES string of the molecule is NC(=O)CC(NC(=O)C(N)CS)C(=O)NC(Cc1c[nH]c2ccccc12)C(=O)NC(CCCN=C(N)N)C(=O)O. The molecule has 0 aliphatic heterocycles. The monoisotopic (exact) mass is 577 g/mol. The Balaban J connectivity index is 2.30. The molecule has 218 valence electrons. The lowest BCUT2D eigenvalue weighted by atomic mass is 10.0. The van der Waals surface area contributed by atoms with Crippen molar-refractivity contribution in [2.45, 2.75) is 49.9 Å². The van der Waals surface area contributed by atoms with Gasteiger partial charge < -0.3 is 49.0 Å². The number of nitrogens with zero attached hydrogens (tertiary/aromatic N) is 1. The fourth-order valence-corrected chi connectivity index (χ4v) is 3.97. The highest BCUT2D eigenvalue weighted by Gasteiger charge is 2.31. The second kappa shape index (κ2) is 15.3. The fourth-order valence-electron chi connectivity index (χ4n) is 3.81. The molecule has 0 saturated carbocycles. The Bertz CT molecular complexity index is 1250. The number of nitrogens with two attached hydrogens (primary N) is 4. The van der Waals surface area contributed by atoms with E-state index in [2.05, 4.69) is 38.6 Å². The highest BCUT2D eigenvalue weighted by atomic mass is 32.1. The molecule has 0 saturated heterocycles. The first-order chi connectivity index (χ1) is 18.9. The summed E-state index contributed by atoms with van der Waals surface area (Å²) in [4.78, 5) is 69.1. The third-order valence-corrected chi connectivity index (χ3v) is 6.26. The zero-order chi connectivity index (χ0) is 29.8. The number of primary amides is 1. The van der Waals surface area contributed by atoms with Crippen LogP contribution in [0.25, 0.3) is 10.9 Å². The van der Waals surface area contributed by atoms with Gasteiger partial charge in [-0.1, -0.05) is 18.2 Å². The van der Waals surface area contributed by atoms with Gasteiger partial charge in [0.15, 0.2) is 5.96 Å². The van der Waals surface area contributed by atoms with Gasteiger partial charge in [0.2, 0.25) is 23.6 Å². The van der Waals surface area contributed by atoms with Crippen molar-refractivity contribution in [1.82, 2.24) is 20.9 Å². The van der Waals surface area contributed by atoms with E-state index in [4.69, 9.17) is 22.9 Å². The maximum atomic E-state index is 13.3. The second-order valence-corrected chi connectivity index (χ2v) is 9.36. The van der Waals surface area contributed by atoms with E-state index in [0.29, 0.717) is 5.56 Å². The van der Waals surface area contributed by atoms with Crippen LogP contribution in [0.5, 0.6) is 0 Å². The number of aliphatic carboxylic acids is 1. The summed E-state index contributed by atoms with van der Waals surface area (Å²) in [5.41, 5.74) is 22.9. The molecule has 15 nitrogen and oxygen atoms in total. The molecule has 40 heavy (non-hydrogen) atoms. The number of carboxylic acids is 1. The van der Waals surface area contributed by atoms with Crippen LogP contribution in [0.4, 0.5) is 0 Å². The minimum atomic E-state index is -1.44. The number of H-pyrrole nitrogens is 1. The van der Waals surface area contributed by atoms with E-state index in [0.717, 1.165) is 10.9 Å². The third kappa shape index (κ3) is 9.77. The molecule has 0 radical (unpaired) electrons. The van der Waals surface area contributed by atoms with Crippen LogP contribution >= 0.6 is 12.6 Å². The fraction of sp³-hybridized carbons (Fsp3) is 0.417. The quantitative estimate of drug-likeness (QED) is 0.0434. The van der Waals surface area contributed by atoms with Crippen LogP contribution in [-0.2, 0) is 30.4 Å². The number of benzene rings is 1. The van der Waals surface area contributed by atoms with Gasteiger partial charge in [-0.25, -0.2) is 4.79 Å². The molecule has 4 atom stereocenters. The second-order valence-electron chi connectivity index (χ2n) is 8.99. The van der Waals surface area contributed by atoms with Crippen LogP contribution in [-0.4, -0.2) is 82.1 Å². The predicted octanol–water partition coefficient (Wildman–Crippen LogP) is -2.56. The Hall–Kier alpha value is -4.31. The summed E-state index contributed by atoms with van der Waals surface area (Å²) >= 11 is 3.95. The molecule has 1 heterocycles. The van der Waals surface area contributed by atoms with Gasteiger partial charge in [0, 0.05) is 35.8 Å². The van der Waals surface area contributed by atoms with E-state index in [9.17, 15) is 29.1 Å². The summed E-state index contributed by atoms with van der Waals surface area (Å²) < 4.78 is 0. The number of carboxylic acid groups (broad SMARTS) is 1. The number of guanidine groups is 1. The van der Waals surface area contributed by atoms with Crippen molar-refractivity contribution >= 4 is 59.1 Å². The number of para-hydroxylation sites is 1. The molecule has 0 fully saturated rings. The van der Waals surface area contributed by atoms with E-state index >= 15 is 0 Å². The normalized spacial score (nSPS) is 13.8. The zero-order valence-corrected chi connectivity index (χ0v) is 22.5. The minimum Gasteiger partial charge on any atom is -0.480 e. The smallest absolute Gasteiger partial charge is 0.326 e. The molecule has 1 aromatic carbocycles. The number of fused-ring (bicyclic) bond motifs is 1. The van der Waals surface area contributed by atoms with Gasteiger partial charge in [0.05, 0.1) is 12.5 Å². The Morgan fingerprint density at radius 2 is 1.57 bits per heavy atom. The molecule has 4 unspecified atom stereocenters. The average molecular weight is 578 g/mol. The van der Waals surface area contributed by atoms with Gasteiger partial charge in [0.1, 0.15) is 18.1 Å². The molecule has 16 heteroatoms. The van der Waals surface area contributed by atoms with Crippen molar-refractivity contribution < 1.29 is 29.1 Å². The zero-order valence-electron chi connectivity index (χ0n) is 21.6. The largest absolute Gasteiger partial charge is 0.480 e. The van der Waals surface area contributed by atoms with Crippen molar-refractivity contribution in [3.05, 3.63) is 36.0 Å². The Morgan fingerprint density at radius 1 is 0.950 bits per heavy atom. The Kier molecular flexibility index (Phi) is 12.2. The van der Waals surface area contributed by atoms with Gasteiger partial charge in [-0.3, -0.25) is 24.2 Å². The van der Waals surface area contributed by atoms with Crippen LogP contribution in [0.2, 0.25) is 0 Å². The maximum Gasteiger partial charge on any atom is 0.326 e. The molecule has 4 amide bonds. The van der Waals surface area contributed by atoms with Crippen LogP contribution in [0, 0.1) is 0 Å².